The molecule has 6 nitrogen and oxygen atoms in total. The summed E-state index contributed by atoms with van der Waals surface area (Å²) in [6.07, 6.45) is -0.811. The highest BCUT2D eigenvalue weighted by Gasteiger charge is 2.39. The Morgan fingerprint density at radius 3 is 2.06 bits per heavy atom. The molecular formula is C10H21NO5S. The van der Waals surface area contributed by atoms with Crippen LogP contribution in [0.1, 0.15) is 0 Å². The largest absolute Gasteiger partial charge is 0.390 e. The van der Waals surface area contributed by atoms with Crippen molar-refractivity contribution in [3.63, 3.8) is 0 Å². The van der Waals surface area contributed by atoms with Crippen LogP contribution < -0.4 is 0 Å². The van der Waals surface area contributed by atoms with E-state index in [0.29, 0.717) is 26.3 Å². The molecule has 102 valence electrons. The lowest BCUT2D eigenvalue weighted by Gasteiger charge is -2.29. The number of methoxy groups -OCH3 is 2. The second kappa shape index (κ2) is 6.65. The van der Waals surface area contributed by atoms with Crippen LogP contribution in [-0.2, 0) is 19.3 Å². The first-order valence-corrected chi connectivity index (χ1v) is 7.42. The molecule has 0 aromatic carbocycles. The summed E-state index contributed by atoms with van der Waals surface area (Å²) >= 11 is 0. The van der Waals surface area contributed by atoms with Gasteiger partial charge in [0.2, 0.25) is 0 Å². The number of hydrogen-bond acceptors (Lipinski definition) is 6. The van der Waals surface area contributed by atoms with Gasteiger partial charge in [0.25, 0.3) is 0 Å². The zero-order chi connectivity index (χ0) is 12.9. The number of rotatable bonds is 7. The van der Waals surface area contributed by atoms with Crippen LogP contribution in [0.4, 0.5) is 0 Å². The highest BCUT2D eigenvalue weighted by atomic mass is 32.2. The normalized spacial score (nSPS) is 27.8. The second-order valence-corrected chi connectivity index (χ2v) is 6.39. The lowest BCUT2D eigenvalue weighted by Crippen LogP contribution is -2.46. The first-order chi connectivity index (χ1) is 8.00. The van der Waals surface area contributed by atoms with Crippen molar-refractivity contribution in [3.05, 3.63) is 0 Å². The van der Waals surface area contributed by atoms with Gasteiger partial charge in [0, 0.05) is 27.3 Å². The third-order valence-electron chi connectivity index (χ3n) is 2.93. The molecule has 0 bridgehead atoms. The molecule has 0 amide bonds. The number of sulfone groups is 1. The molecule has 0 saturated carbocycles. The SMILES string of the molecule is COCCN(CCOC)C1CS(=O)(=O)CC1O. The summed E-state index contributed by atoms with van der Waals surface area (Å²) in [6, 6.07) is -0.342. The predicted molar refractivity (Wildman–Crippen MR) is 63.8 cm³/mol. The van der Waals surface area contributed by atoms with Crippen molar-refractivity contribution < 1.29 is 23.0 Å². The zero-order valence-corrected chi connectivity index (χ0v) is 11.1. The summed E-state index contributed by atoms with van der Waals surface area (Å²) in [6.45, 7) is 2.20. The number of aliphatic hydroxyl groups excluding tert-OH is 1. The van der Waals surface area contributed by atoms with E-state index in [2.05, 4.69) is 0 Å². The van der Waals surface area contributed by atoms with Gasteiger partial charge in [0.05, 0.1) is 36.9 Å². The van der Waals surface area contributed by atoms with Crippen molar-refractivity contribution in [2.24, 2.45) is 0 Å². The Hall–Kier alpha value is -0.210. The van der Waals surface area contributed by atoms with Crippen molar-refractivity contribution in [2.75, 3.05) is 52.0 Å². The topological polar surface area (TPSA) is 76.1 Å². The first-order valence-electron chi connectivity index (χ1n) is 5.60. The summed E-state index contributed by atoms with van der Waals surface area (Å²) in [5, 5.41) is 9.79. The molecule has 1 heterocycles. The van der Waals surface area contributed by atoms with Gasteiger partial charge >= 0.3 is 0 Å². The van der Waals surface area contributed by atoms with Crippen LogP contribution in [0.15, 0.2) is 0 Å². The summed E-state index contributed by atoms with van der Waals surface area (Å²) < 4.78 is 32.9. The Balaban J connectivity index is 2.62. The van der Waals surface area contributed by atoms with Crippen LogP contribution in [0.3, 0.4) is 0 Å². The molecule has 1 saturated heterocycles. The number of ether oxygens (including phenoxy) is 2. The third kappa shape index (κ3) is 4.51. The smallest absolute Gasteiger partial charge is 0.154 e. The van der Waals surface area contributed by atoms with E-state index in [-0.39, 0.29) is 17.5 Å². The van der Waals surface area contributed by atoms with E-state index in [1.54, 1.807) is 14.2 Å². The molecule has 0 spiro atoms. The van der Waals surface area contributed by atoms with E-state index in [9.17, 15) is 13.5 Å². The zero-order valence-electron chi connectivity index (χ0n) is 10.3. The highest BCUT2D eigenvalue weighted by molar-refractivity contribution is 7.91. The number of hydrogen-bond donors (Lipinski definition) is 1. The Morgan fingerprint density at radius 2 is 1.71 bits per heavy atom. The molecule has 0 radical (unpaired) electrons. The molecule has 0 aromatic rings. The fourth-order valence-electron chi connectivity index (χ4n) is 2.02. The van der Waals surface area contributed by atoms with Crippen LogP contribution in [0.25, 0.3) is 0 Å². The van der Waals surface area contributed by atoms with Crippen LogP contribution in [0, 0.1) is 0 Å². The minimum atomic E-state index is -3.11. The van der Waals surface area contributed by atoms with Gasteiger partial charge in [-0.2, -0.15) is 0 Å². The second-order valence-electron chi connectivity index (χ2n) is 4.23. The Labute approximate surface area is 102 Å². The molecule has 0 aliphatic carbocycles. The molecule has 1 rings (SSSR count). The summed E-state index contributed by atoms with van der Waals surface area (Å²) in [4.78, 5) is 1.92. The minimum Gasteiger partial charge on any atom is -0.390 e. The molecule has 1 fully saturated rings. The molecule has 17 heavy (non-hydrogen) atoms. The van der Waals surface area contributed by atoms with Gasteiger partial charge in [-0.1, -0.05) is 0 Å². The van der Waals surface area contributed by atoms with Crippen molar-refractivity contribution in [1.82, 2.24) is 4.90 Å². The van der Waals surface area contributed by atoms with Gasteiger partial charge in [-0.15, -0.1) is 0 Å². The van der Waals surface area contributed by atoms with Gasteiger partial charge in [0.1, 0.15) is 0 Å². The van der Waals surface area contributed by atoms with E-state index >= 15 is 0 Å². The monoisotopic (exact) mass is 267 g/mol. The van der Waals surface area contributed by atoms with E-state index < -0.39 is 15.9 Å². The summed E-state index contributed by atoms with van der Waals surface area (Å²) in [7, 11) is 0.0741. The Morgan fingerprint density at radius 1 is 1.18 bits per heavy atom. The van der Waals surface area contributed by atoms with Gasteiger partial charge in [0.15, 0.2) is 9.84 Å². The minimum absolute atomic E-state index is 0.0155. The third-order valence-corrected chi connectivity index (χ3v) is 4.63. The van der Waals surface area contributed by atoms with Crippen LogP contribution in [-0.4, -0.2) is 82.6 Å². The van der Waals surface area contributed by atoms with Gasteiger partial charge in [-0.05, 0) is 0 Å². The van der Waals surface area contributed by atoms with E-state index in [0.717, 1.165) is 0 Å². The molecule has 2 unspecified atom stereocenters. The molecule has 2 atom stereocenters. The average molecular weight is 267 g/mol. The van der Waals surface area contributed by atoms with Crippen molar-refractivity contribution in [1.29, 1.82) is 0 Å². The lowest BCUT2D eigenvalue weighted by molar-refractivity contribution is 0.0445. The molecular weight excluding hydrogens is 246 g/mol. The summed E-state index contributed by atoms with van der Waals surface area (Å²) in [5.41, 5.74) is 0. The lowest BCUT2D eigenvalue weighted by atomic mass is 10.2. The van der Waals surface area contributed by atoms with E-state index in [1.165, 1.54) is 0 Å². The Kier molecular flexibility index (Phi) is 5.81. The number of nitrogens with zero attached hydrogens (tertiary/aromatic N) is 1. The molecule has 7 heteroatoms. The van der Waals surface area contributed by atoms with Crippen molar-refractivity contribution in [2.45, 2.75) is 12.1 Å². The predicted octanol–water partition coefficient (Wildman–Crippen LogP) is -1.26. The average Bonchev–Trinajstić information content (AvgIpc) is 2.53. The maximum Gasteiger partial charge on any atom is 0.154 e. The summed E-state index contributed by atoms with van der Waals surface area (Å²) in [5.74, 6) is -0.129. The fourth-order valence-corrected chi connectivity index (χ4v) is 3.85. The molecule has 0 aromatic heterocycles. The molecule has 1 aliphatic rings. The number of aliphatic hydroxyl groups is 1. The van der Waals surface area contributed by atoms with Gasteiger partial charge in [-0.3, -0.25) is 4.90 Å². The standard InChI is InChI=1S/C10H21NO5S/c1-15-5-3-11(4-6-16-2)9-7-17(13,14)8-10(9)12/h9-10,12H,3-8H2,1-2H3. The van der Waals surface area contributed by atoms with Crippen molar-refractivity contribution >= 4 is 9.84 Å². The van der Waals surface area contributed by atoms with Gasteiger partial charge < -0.3 is 14.6 Å². The van der Waals surface area contributed by atoms with Crippen LogP contribution in [0.2, 0.25) is 0 Å². The van der Waals surface area contributed by atoms with Crippen molar-refractivity contribution in [3.8, 4) is 0 Å². The molecule has 1 aliphatic heterocycles. The highest BCUT2D eigenvalue weighted by Crippen LogP contribution is 2.18. The maximum absolute atomic E-state index is 11.5. The Bertz CT molecular complexity index is 311. The first kappa shape index (κ1) is 14.8. The maximum atomic E-state index is 11.5. The fraction of sp³-hybridized carbons (Fsp3) is 1.00. The quantitative estimate of drug-likeness (QED) is 0.620. The molecule has 1 N–H and O–H groups in total. The van der Waals surface area contributed by atoms with Gasteiger partial charge in [-0.25, -0.2) is 8.42 Å². The van der Waals surface area contributed by atoms with E-state index in [1.807, 2.05) is 4.90 Å². The van der Waals surface area contributed by atoms with E-state index in [4.69, 9.17) is 9.47 Å². The van der Waals surface area contributed by atoms with Crippen LogP contribution >= 0.6 is 0 Å². The van der Waals surface area contributed by atoms with Crippen LogP contribution in [0.5, 0.6) is 0 Å².